The van der Waals surface area contributed by atoms with Gasteiger partial charge >= 0.3 is 0 Å². The first kappa shape index (κ1) is 19.7. The van der Waals surface area contributed by atoms with Crippen LogP contribution in [-0.2, 0) is 6.67 Å². The summed E-state index contributed by atoms with van der Waals surface area (Å²) in [4.78, 5) is 23.8. The summed E-state index contributed by atoms with van der Waals surface area (Å²) in [6.45, 7) is 0.376. The molecule has 6 nitrogen and oxygen atoms in total. The molecule has 0 bridgehead atoms. The third kappa shape index (κ3) is 3.21. The van der Waals surface area contributed by atoms with Crippen LogP contribution in [0.5, 0.6) is 5.75 Å². The Morgan fingerprint density at radius 2 is 1.80 bits per heavy atom. The van der Waals surface area contributed by atoms with Crippen LogP contribution in [0.3, 0.4) is 0 Å². The van der Waals surface area contributed by atoms with Gasteiger partial charge in [-0.15, -0.1) is 12.4 Å². The molecule has 4 aromatic rings. The molecule has 0 unspecified atom stereocenters. The second-order valence-corrected chi connectivity index (χ2v) is 6.76. The molecule has 0 saturated heterocycles. The Balaban J connectivity index is 0.00000218. The van der Waals surface area contributed by atoms with Gasteiger partial charge in [0.2, 0.25) is 0 Å². The lowest BCUT2D eigenvalue weighted by Crippen LogP contribution is -2.36. The fraction of sp³-hybridized carbons (Fsp3) is 0.0870. The van der Waals surface area contributed by atoms with E-state index in [1.807, 2.05) is 54.7 Å². The molecule has 30 heavy (non-hydrogen) atoms. The van der Waals surface area contributed by atoms with E-state index in [2.05, 4.69) is 14.5 Å². The summed E-state index contributed by atoms with van der Waals surface area (Å²) >= 11 is 0. The Kier molecular flexibility index (Phi) is 5.25. The molecule has 1 amide bonds. The summed E-state index contributed by atoms with van der Waals surface area (Å²) in [6, 6.07) is 19.2. The van der Waals surface area contributed by atoms with Crippen LogP contribution in [0.2, 0.25) is 0 Å². The second-order valence-electron chi connectivity index (χ2n) is 6.76. The van der Waals surface area contributed by atoms with Crippen molar-refractivity contribution in [2.24, 2.45) is 0 Å². The first-order valence-corrected chi connectivity index (χ1v) is 9.27. The normalized spacial score (nSPS) is 11.8. The summed E-state index contributed by atoms with van der Waals surface area (Å²) in [5, 5.41) is 0. The molecule has 2 aromatic carbocycles. The summed E-state index contributed by atoms with van der Waals surface area (Å²) < 4.78 is 7.33. The number of para-hydroxylation sites is 1. The Labute approximate surface area is 180 Å². The minimum absolute atomic E-state index is 0. The number of hydrogen-bond acceptors (Lipinski definition) is 4. The van der Waals surface area contributed by atoms with Crippen molar-refractivity contribution in [3.8, 4) is 28.4 Å². The van der Waals surface area contributed by atoms with Crippen molar-refractivity contribution in [3.05, 3.63) is 84.8 Å². The Bertz CT molecular complexity index is 1190. The largest absolute Gasteiger partial charge is 0.497 e. The molecule has 0 fully saturated rings. The maximum absolute atomic E-state index is 13.3. The van der Waals surface area contributed by atoms with E-state index in [0.29, 0.717) is 12.2 Å². The number of pyridine rings is 1. The molecular formula is C23H19ClN4O2. The number of imidazole rings is 1. The van der Waals surface area contributed by atoms with E-state index in [9.17, 15) is 4.79 Å². The maximum Gasteiger partial charge on any atom is 0.261 e. The maximum atomic E-state index is 13.3. The van der Waals surface area contributed by atoms with Crippen LogP contribution in [0.1, 0.15) is 10.4 Å². The van der Waals surface area contributed by atoms with Crippen molar-refractivity contribution >= 4 is 24.0 Å². The standard InChI is InChI=1S/C23H18N4O2.ClH/c1-29-18-10-8-16(9-11-18)22-25-14-21-19-6-2-3-7-20(19)27(15-26(21)22)23(28)17-5-4-12-24-13-17;/h2-14H,15H2,1H3;1H. The number of benzene rings is 2. The zero-order valence-corrected chi connectivity index (χ0v) is 17.0. The lowest BCUT2D eigenvalue weighted by Gasteiger charge is -2.31. The summed E-state index contributed by atoms with van der Waals surface area (Å²) in [7, 11) is 1.64. The summed E-state index contributed by atoms with van der Waals surface area (Å²) in [5.74, 6) is 1.50. The van der Waals surface area contributed by atoms with E-state index in [1.54, 1.807) is 36.5 Å². The topological polar surface area (TPSA) is 60.2 Å². The molecule has 1 aliphatic heterocycles. The van der Waals surface area contributed by atoms with Gasteiger partial charge in [-0.2, -0.15) is 0 Å². The molecule has 7 heteroatoms. The van der Waals surface area contributed by atoms with Gasteiger partial charge in [0, 0.05) is 23.5 Å². The zero-order valence-electron chi connectivity index (χ0n) is 16.2. The summed E-state index contributed by atoms with van der Waals surface area (Å²) in [5.41, 5.74) is 4.35. The average Bonchev–Trinajstić information content (AvgIpc) is 3.23. The van der Waals surface area contributed by atoms with Crippen molar-refractivity contribution in [1.82, 2.24) is 14.5 Å². The number of hydrogen-bond donors (Lipinski definition) is 0. The molecule has 0 spiro atoms. The highest BCUT2D eigenvalue weighted by Crippen LogP contribution is 2.39. The zero-order chi connectivity index (χ0) is 19.8. The lowest BCUT2D eigenvalue weighted by molar-refractivity contribution is 0.0979. The number of nitrogens with zero attached hydrogens (tertiary/aromatic N) is 4. The van der Waals surface area contributed by atoms with Crippen molar-refractivity contribution in [2.75, 3.05) is 12.0 Å². The molecule has 3 heterocycles. The van der Waals surface area contributed by atoms with Gasteiger partial charge in [-0.05, 0) is 42.5 Å². The van der Waals surface area contributed by atoms with Gasteiger partial charge in [0.25, 0.3) is 5.91 Å². The second kappa shape index (κ2) is 8.00. The van der Waals surface area contributed by atoms with Crippen LogP contribution in [0.25, 0.3) is 22.6 Å². The number of carbonyl (C=O) groups is 1. The highest BCUT2D eigenvalue weighted by atomic mass is 35.5. The first-order valence-electron chi connectivity index (χ1n) is 9.27. The van der Waals surface area contributed by atoms with Crippen molar-refractivity contribution in [1.29, 1.82) is 0 Å². The summed E-state index contributed by atoms with van der Waals surface area (Å²) in [6.07, 6.45) is 5.12. The highest BCUT2D eigenvalue weighted by molar-refractivity contribution is 6.08. The van der Waals surface area contributed by atoms with Gasteiger partial charge in [-0.25, -0.2) is 4.98 Å². The third-order valence-corrected chi connectivity index (χ3v) is 5.11. The minimum Gasteiger partial charge on any atom is -0.497 e. The van der Waals surface area contributed by atoms with Gasteiger partial charge in [-0.3, -0.25) is 14.7 Å². The number of amides is 1. The van der Waals surface area contributed by atoms with E-state index in [0.717, 1.165) is 34.1 Å². The van der Waals surface area contributed by atoms with Gasteiger partial charge in [0.05, 0.1) is 30.3 Å². The van der Waals surface area contributed by atoms with Crippen LogP contribution in [0, 0.1) is 0 Å². The molecule has 0 N–H and O–H groups in total. The molecular weight excluding hydrogens is 400 g/mol. The monoisotopic (exact) mass is 418 g/mol. The molecule has 0 radical (unpaired) electrons. The first-order chi connectivity index (χ1) is 14.3. The molecule has 5 rings (SSSR count). The molecule has 0 atom stereocenters. The van der Waals surface area contributed by atoms with Gasteiger partial charge in [-0.1, -0.05) is 18.2 Å². The average molecular weight is 419 g/mol. The SMILES string of the molecule is COc1ccc(-c2ncc3n2CN(C(=O)c2cccnc2)c2ccccc2-3)cc1.Cl. The van der Waals surface area contributed by atoms with Crippen LogP contribution in [0.4, 0.5) is 5.69 Å². The van der Waals surface area contributed by atoms with Gasteiger partial charge in [0.1, 0.15) is 18.2 Å². The number of rotatable bonds is 3. The molecule has 0 aliphatic carbocycles. The number of carbonyl (C=O) groups excluding carboxylic acids is 1. The Morgan fingerprint density at radius 3 is 2.53 bits per heavy atom. The number of methoxy groups -OCH3 is 1. The predicted molar refractivity (Wildman–Crippen MR) is 118 cm³/mol. The van der Waals surface area contributed by atoms with Crippen molar-refractivity contribution < 1.29 is 9.53 Å². The molecule has 1 aliphatic rings. The van der Waals surface area contributed by atoms with Gasteiger partial charge in [0.15, 0.2) is 0 Å². The molecule has 0 saturated carbocycles. The smallest absolute Gasteiger partial charge is 0.261 e. The Hall–Kier alpha value is -3.64. The van der Waals surface area contributed by atoms with Crippen LogP contribution >= 0.6 is 12.4 Å². The van der Waals surface area contributed by atoms with Crippen molar-refractivity contribution in [3.63, 3.8) is 0 Å². The lowest BCUT2D eigenvalue weighted by atomic mass is 10.1. The number of anilines is 1. The fourth-order valence-electron chi connectivity index (χ4n) is 3.67. The number of aromatic nitrogens is 3. The van der Waals surface area contributed by atoms with E-state index < -0.39 is 0 Å². The highest BCUT2D eigenvalue weighted by Gasteiger charge is 2.29. The number of ether oxygens (including phenoxy) is 1. The predicted octanol–water partition coefficient (Wildman–Crippen LogP) is 4.66. The van der Waals surface area contributed by atoms with Crippen LogP contribution < -0.4 is 9.64 Å². The quantitative estimate of drug-likeness (QED) is 0.485. The van der Waals surface area contributed by atoms with E-state index in [1.165, 1.54) is 0 Å². The third-order valence-electron chi connectivity index (χ3n) is 5.11. The van der Waals surface area contributed by atoms with Crippen molar-refractivity contribution in [2.45, 2.75) is 6.67 Å². The van der Waals surface area contributed by atoms with Crippen LogP contribution in [0.15, 0.2) is 79.3 Å². The molecule has 2 aromatic heterocycles. The Morgan fingerprint density at radius 1 is 1.00 bits per heavy atom. The fourth-order valence-corrected chi connectivity index (χ4v) is 3.67. The number of halogens is 1. The number of fused-ring (bicyclic) bond motifs is 3. The van der Waals surface area contributed by atoms with Crippen LogP contribution in [-0.4, -0.2) is 27.6 Å². The van der Waals surface area contributed by atoms with E-state index in [4.69, 9.17) is 4.74 Å². The van der Waals surface area contributed by atoms with Gasteiger partial charge < -0.3 is 9.30 Å². The molecule has 150 valence electrons. The minimum atomic E-state index is -0.0921. The van der Waals surface area contributed by atoms with E-state index >= 15 is 0 Å². The van der Waals surface area contributed by atoms with E-state index in [-0.39, 0.29) is 18.3 Å².